The Bertz CT molecular complexity index is 1370. The van der Waals surface area contributed by atoms with Gasteiger partial charge in [-0.1, -0.05) is 86.2 Å². The molecule has 1 N–H and O–H groups in total. The first-order valence-corrected chi connectivity index (χ1v) is 15.8. The first-order chi connectivity index (χ1) is 21.3. The van der Waals surface area contributed by atoms with E-state index in [9.17, 15) is 19.5 Å². The maximum Gasteiger partial charge on any atom is 0.248 e. The molecular formula is C36H45N3O5. The maximum atomic E-state index is 14.8. The van der Waals surface area contributed by atoms with Gasteiger partial charge in [-0.15, -0.1) is 13.2 Å². The minimum atomic E-state index is -1.19. The summed E-state index contributed by atoms with van der Waals surface area (Å²) in [5, 5.41) is 10.8. The summed E-state index contributed by atoms with van der Waals surface area (Å²) >= 11 is 0. The minimum Gasteiger partial charge on any atom is -0.394 e. The molecule has 5 rings (SSSR count). The molecule has 3 amide bonds. The number of carbonyl (C=O) groups excluding carboxylic acids is 3. The van der Waals surface area contributed by atoms with E-state index in [-0.39, 0.29) is 24.3 Å². The predicted octanol–water partition coefficient (Wildman–Crippen LogP) is 4.51. The van der Waals surface area contributed by atoms with Gasteiger partial charge in [0.2, 0.25) is 17.7 Å². The number of hydrogen-bond donors (Lipinski definition) is 1. The highest BCUT2D eigenvalue weighted by Crippen LogP contribution is 2.64. The highest BCUT2D eigenvalue weighted by atomic mass is 16.5. The zero-order chi connectivity index (χ0) is 31.5. The lowest BCUT2D eigenvalue weighted by atomic mass is 9.66. The molecule has 0 aliphatic carbocycles. The van der Waals surface area contributed by atoms with Gasteiger partial charge in [-0.05, 0) is 37.3 Å². The second kappa shape index (κ2) is 13.1. The van der Waals surface area contributed by atoms with E-state index in [1.54, 1.807) is 26.9 Å². The highest BCUT2D eigenvalue weighted by molar-refractivity contribution is 5.99. The van der Waals surface area contributed by atoms with Crippen molar-refractivity contribution in [1.29, 1.82) is 0 Å². The molecule has 2 unspecified atom stereocenters. The topological polar surface area (TPSA) is 90.4 Å². The highest BCUT2D eigenvalue weighted by Gasteiger charge is 2.79. The maximum absolute atomic E-state index is 14.8. The number of fused-ring (bicyclic) bond motifs is 1. The van der Waals surface area contributed by atoms with Gasteiger partial charge in [0.05, 0.1) is 30.1 Å². The van der Waals surface area contributed by atoms with Crippen LogP contribution in [0.4, 0.5) is 0 Å². The van der Waals surface area contributed by atoms with Crippen LogP contribution in [0.1, 0.15) is 56.7 Å². The van der Waals surface area contributed by atoms with E-state index in [0.717, 1.165) is 24.0 Å². The molecule has 2 aromatic carbocycles. The van der Waals surface area contributed by atoms with Crippen LogP contribution in [-0.2, 0) is 25.7 Å². The van der Waals surface area contributed by atoms with Gasteiger partial charge in [-0.3, -0.25) is 14.4 Å². The summed E-state index contributed by atoms with van der Waals surface area (Å²) in [5.41, 5.74) is -0.405. The van der Waals surface area contributed by atoms with Crippen LogP contribution in [0.25, 0.3) is 0 Å². The van der Waals surface area contributed by atoms with Crippen LogP contribution in [0.3, 0.4) is 0 Å². The van der Waals surface area contributed by atoms with Gasteiger partial charge >= 0.3 is 0 Å². The van der Waals surface area contributed by atoms with Crippen molar-refractivity contribution in [3.05, 3.63) is 97.1 Å². The van der Waals surface area contributed by atoms with Crippen LogP contribution < -0.4 is 0 Å². The molecule has 44 heavy (non-hydrogen) atoms. The number of likely N-dealkylation sites (tertiary alicyclic amines) is 1. The van der Waals surface area contributed by atoms with Crippen molar-refractivity contribution in [3.8, 4) is 0 Å². The summed E-state index contributed by atoms with van der Waals surface area (Å²) in [6.07, 6.45) is 6.11. The van der Waals surface area contributed by atoms with Gasteiger partial charge in [0.25, 0.3) is 0 Å². The molecule has 3 heterocycles. The van der Waals surface area contributed by atoms with Crippen LogP contribution in [0, 0.1) is 11.8 Å². The smallest absolute Gasteiger partial charge is 0.248 e. The number of nitrogens with zero attached hydrogens (tertiary/aromatic N) is 3. The molecular weight excluding hydrogens is 554 g/mol. The third-order valence-electron chi connectivity index (χ3n) is 9.73. The first kappa shape index (κ1) is 31.7. The Labute approximate surface area is 261 Å². The summed E-state index contributed by atoms with van der Waals surface area (Å²) in [5.74, 6) is -2.38. The molecule has 8 nitrogen and oxygen atoms in total. The summed E-state index contributed by atoms with van der Waals surface area (Å²) in [7, 11) is 0. The Morgan fingerprint density at radius 1 is 1.02 bits per heavy atom. The Morgan fingerprint density at radius 3 is 2.27 bits per heavy atom. The molecule has 0 aromatic heterocycles. The third kappa shape index (κ3) is 5.39. The van der Waals surface area contributed by atoms with Crippen LogP contribution in [-0.4, -0.2) is 81.0 Å². The van der Waals surface area contributed by atoms with Crippen molar-refractivity contribution in [2.45, 2.75) is 69.4 Å². The van der Waals surface area contributed by atoms with Gasteiger partial charge in [-0.2, -0.15) is 0 Å². The van der Waals surface area contributed by atoms with E-state index in [1.165, 1.54) is 0 Å². The van der Waals surface area contributed by atoms with Crippen molar-refractivity contribution < 1.29 is 24.2 Å². The predicted molar refractivity (Wildman–Crippen MR) is 169 cm³/mol. The lowest BCUT2D eigenvalue weighted by Crippen LogP contribution is -2.57. The van der Waals surface area contributed by atoms with Crippen LogP contribution >= 0.6 is 0 Å². The lowest BCUT2D eigenvalue weighted by molar-refractivity contribution is -0.156. The summed E-state index contributed by atoms with van der Waals surface area (Å²) in [4.78, 5) is 49.0. The largest absolute Gasteiger partial charge is 0.394 e. The van der Waals surface area contributed by atoms with E-state index >= 15 is 0 Å². The number of amides is 3. The minimum absolute atomic E-state index is 0.182. The monoisotopic (exact) mass is 599 g/mol. The first-order valence-electron chi connectivity index (χ1n) is 15.8. The summed E-state index contributed by atoms with van der Waals surface area (Å²) in [6.45, 7) is 12.9. The molecule has 3 saturated heterocycles. The number of benzene rings is 2. The molecule has 2 bridgehead atoms. The fourth-order valence-corrected chi connectivity index (χ4v) is 7.74. The van der Waals surface area contributed by atoms with Crippen molar-refractivity contribution in [2.24, 2.45) is 11.8 Å². The Morgan fingerprint density at radius 2 is 1.66 bits per heavy atom. The van der Waals surface area contributed by atoms with Gasteiger partial charge in [-0.25, -0.2) is 0 Å². The molecule has 0 saturated carbocycles. The molecule has 3 aliphatic heterocycles. The van der Waals surface area contributed by atoms with Gasteiger partial charge in [0, 0.05) is 26.2 Å². The second-order valence-electron chi connectivity index (χ2n) is 12.5. The molecule has 2 aromatic rings. The number of aliphatic hydroxyl groups excluding tert-OH is 1. The second-order valence-corrected chi connectivity index (χ2v) is 12.5. The zero-order valence-electron chi connectivity index (χ0n) is 25.9. The van der Waals surface area contributed by atoms with E-state index < -0.39 is 35.1 Å². The number of carbonyl (C=O) groups is 3. The van der Waals surface area contributed by atoms with Crippen LogP contribution in [0.15, 0.2) is 86.0 Å². The quantitative estimate of drug-likeness (QED) is 0.323. The van der Waals surface area contributed by atoms with E-state index in [1.807, 2.05) is 67.6 Å². The number of aliphatic hydroxyl groups is 1. The summed E-state index contributed by atoms with van der Waals surface area (Å²) < 4.78 is 6.89. The van der Waals surface area contributed by atoms with Gasteiger partial charge < -0.3 is 24.5 Å². The van der Waals surface area contributed by atoms with E-state index in [0.29, 0.717) is 39.0 Å². The molecule has 234 valence electrons. The van der Waals surface area contributed by atoms with Crippen molar-refractivity contribution in [2.75, 3.05) is 26.2 Å². The van der Waals surface area contributed by atoms with Crippen LogP contribution in [0.5, 0.6) is 0 Å². The fraction of sp³-hybridized carbons (Fsp3) is 0.472. The van der Waals surface area contributed by atoms with Crippen LogP contribution in [0.2, 0.25) is 0 Å². The van der Waals surface area contributed by atoms with Crippen molar-refractivity contribution in [1.82, 2.24) is 14.7 Å². The Hall–Kier alpha value is -3.75. The zero-order valence-corrected chi connectivity index (χ0v) is 25.9. The lowest BCUT2D eigenvalue weighted by Gasteiger charge is -2.39. The average molecular weight is 600 g/mol. The molecule has 1 spiro atoms. The van der Waals surface area contributed by atoms with E-state index in [4.69, 9.17) is 4.74 Å². The molecule has 6 atom stereocenters. The van der Waals surface area contributed by atoms with Gasteiger partial charge in [0.15, 0.2) is 0 Å². The molecule has 0 radical (unpaired) electrons. The Kier molecular flexibility index (Phi) is 9.42. The fourth-order valence-electron chi connectivity index (χ4n) is 7.74. The number of unbranched alkanes of at least 4 members (excludes halogenated alkanes) is 1. The standard InChI is InChI=1S/C36H45N3O5/c1-5-8-23-37(21-6-2)34(43)31-36-20-19-35(4,44-36)29(32(41)38(22-7-3)24-26-15-11-9-12-16-26)30(36)33(42)39(31)28(25-40)27-17-13-10-14-18-27/h6-7,9-18,28-31,40H,2-3,5,8,19-25H2,1,4H3/t28-,29-,30+,31?,35+,36?/m1/s1. The SMILES string of the molecule is C=CCN(CCCC)C(=O)C1N([C@H](CO)c2ccccc2)C(=O)[C@@H]2[C@H](C(=O)N(CC=C)Cc3ccccc3)[C@]3(C)CCC12O3. The Balaban J connectivity index is 1.60. The number of rotatable bonds is 14. The third-order valence-corrected chi connectivity index (χ3v) is 9.73. The average Bonchev–Trinajstić information content (AvgIpc) is 3.60. The van der Waals surface area contributed by atoms with Crippen molar-refractivity contribution >= 4 is 17.7 Å². The van der Waals surface area contributed by atoms with Gasteiger partial charge in [0.1, 0.15) is 11.6 Å². The van der Waals surface area contributed by atoms with E-state index in [2.05, 4.69) is 20.1 Å². The number of hydrogen-bond acceptors (Lipinski definition) is 5. The summed E-state index contributed by atoms with van der Waals surface area (Å²) in [6, 6.07) is 17.3. The molecule has 3 fully saturated rings. The number of ether oxygens (including phenoxy) is 1. The molecule has 3 aliphatic rings. The molecule has 8 heteroatoms. The van der Waals surface area contributed by atoms with Crippen molar-refractivity contribution in [3.63, 3.8) is 0 Å². The normalized spacial score (nSPS) is 27.6.